The van der Waals surface area contributed by atoms with Gasteiger partial charge in [-0.2, -0.15) is 0 Å². The molecule has 2 aromatic rings. The summed E-state index contributed by atoms with van der Waals surface area (Å²) in [4.78, 5) is 38.1. The number of Topliss-reactive ketones (excluding diaryl/α,β-unsaturated/α-hetero) is 1. The Bertz CT molecular complexity index is 948. The van der Waals surface area contributed by atoms with Crippen LogP contribution in [0.15, 0.2) is 36.4 Å². The number of benzene rings is 2. The van der Waals surface area contributed by atoms with Gasteiger partial charge in [-0.1, -0.05) is 29.3 Å². The first-order chi connectivity index (χ1) is 14.8. The Morgan fingerprint density at radius 3 is 2.39 bits per heavy atom. The molecule has 0 spiro atoms. The van der Waals surface area contributed by atoms with Crippen LogP contribution in [0.1, 0.15) is 29.8 Å². The quantitative estimate of drug-likeness (QED) is 0.486. The summed E-state index contributed by atoms with van der Waals surface area (Å²) in [6, 6.07) is 10.2. The Labute approximate surface area is 196 Å². The molecule has 0 saturated carbocycles. The first kappa shape index (κ1) is 25.0. The highest BCUT2D eigenvalue weighted by atomic mass is 35.5. The van der Waals surface area contributed by atoms with Crippen molar-refractivity contribution >= 4 is 58.2 Å². The number of para-hydroxylation sites is 1. The predicted molar refractivity (Wildman–Crippen MR) is 127 cm³/mol. The number of ether oxygens (including phenoxy) is 1. The van der Waals surface area contributed by atoms with E-state index in [0.29, 0.717) is 39.3 Å². The lowest BCUT2D eigenvalue weighted by molar-refractivity contribution is -0.132. The lowest BCUT2D eigenvalue weighted by Gasteiger charge is -2.21. The van der Waals surface area contributed by atoms with E-state index in [4.69, 9.17) is 27.9 Å². The predicted octanol–water partition coefficient (Wildman–Crippen LogP) is 4.93. The molecule has 0 saturated heterocycles. The molecule has 0 unspecified atom stereocenters. The Kier molecular flexibility index (Phi) is 9.68. The third-order valence-electron chi connectivity index (χ3n) is 4.47. The van der Waals surface area contributed by atoms with Crippen LogP contribution in [0.3, 0.4) is 0 Å². The summed E-state index contributed by atoms with van der Waals surface area (Å²) in [6.45, 7) is 3.58. The Morgan fingerprint density at radius 1 is 1.13 bits per heavy atom. The molecule has 0 bridgehead atoms. The highest BCUT2D eigenvalue weighted by Gasteiger charge is 2.18. The number of carbonyl (C=O) groups excluding carboxylic acids is 3. The van der Waals surface area contributed by atoms with Crippen molar-refractivity contribution in [2.75, 3.05) is 31.3 Å². The number of nitrogens with zero attached hydrogens (tertiary/aromatic N) is 1. The van der Waals surface area contributed by atoms with Gasteiger partial charge in [0, 0.05) is 23.4 Å². The van der Waals surface area contributed by atoms with Gasteiger partial charge in [0.15, 0.2) is 5.78 Å². The van der Waals surface area contributed by atoms with Crippen molar-refractivity contribution in [2.24, 2.45) is 0 Å². The maximum atomic E-state index is 12.6. The van der Waals surface area contributed by atoms with Gasteiger partial charge >= 0.3 is 0 Å². The molecule has 9 heteroatoms. The van der Waals surface area contributed by atoms with E-state index >= 15 is 0 Å². The zero-order valence-electron chi connectivity index (χ0n) is 17.5. The SMILES string of the molecule is CCN(CC(=O)Nc1c(Cl)cccc1Cl)C(=O)CSCc1cc(C(C)=O)ccc1OC. The number of amides is 2. The van der Waals surface area contributed by atoms with Gasteiger partial charge in [-0.25, -0.2) is 0 Å². The number of hydrogen-bond acceptors (Lipinski definition) is 5. The van der Waals surface area contributed by atoms with Crippen molar-refractivity contribution in [1.29, 1.82) is 0 Å². The number of rotatable bonds is 10. The molecule has 31 heavy (non-hydrogen) atoms. The second kappa shape index (κ2) is 12.0. The van der Waals surface area contributed by atoms with Crippen molar-refractivity contribution in [3.8, 4) is 5.75 Å². The summed E-state index contributed by atoms with van der Waals surface area (Å²) >= 11 is 13.5. The molecule has 0 aliphatic heterocycles. The number of anilines is 1. The first-order valence-corrected chi connectivity index (χ1v) is 11.4. The molecule has 1 N–H and O–H groups in total. The van der Waals surface area contributed by atoms with E-state index in [1.807, 2.05) is 0 Å². The van der Waals surface area contributed by atoms with Crippen LogP contribution >= 0.6 is 35.0 Å². The molecule has 0 heterocycles. The first-order valence-electron chi connectivity index (χ1n) is 9.54. The number of likely N-dealkylation sites (N-methyl/N-ethyl adjacent to an activating group) is 1. The smallest absolute Gasteiger partial charge is 0.244 e. The summed E-state index contributed by atoms with van der Waals surface area (Å²) in [5.74, 6) is 0.747. The Balaban J connectivity index is 1.94. The molecule has 0 radical (unpaired) electrons. The minimum Gasteiger partial charge on any atom is -0.496 e. The normalized spacial score (nSPS) is 10.5. The second-order valence-corrected chi connectivity index (χ2v) is 8.43. The molecular weight excluding hydrogens is 459 g/mol. The van der Waals surface area contributed by atoms with Gasteiger partial charge in [-0.15, -0.1) is 11.8 Å². The van der Waals surface area contributed by atoms with Crippen LogP contribution in [0.25, 0.3) is 0 Å². The zero-order chi connectivity index (χ0) is 23.0. The third kappa shape index (κ3) is 7.16. The zero-order valence-corrected chi connectivity index (χ0v) is 19.9. The lowest BCUT2D eigenvalue weighted by atomic mass is 10.1. The highest BCUT2D eigenvalue weighted by molar-refractivity contribution is 7.99. The van der Waals surface area contributed by atoms with E-state index in [2.05, 4.69) is 5.32 Å². The van der Waals surface area contributed by atoms with Crippen molar-refractivity contribution in [1.82, 2.24) is 4.90 Å². The van der Waals surface area contributed by atoms with E-state index in [1.165, 1.54) is 23.6 Å². The van der Waals surface area contributed by atoms with E-state index < -0.39 is 0 Å². The molecule has 6 nitrogen and oxygen atoms in total. The van der Waals surface area contributed by atoms with Crippen molar-refractivity contribution in [2.45, 2.75) is 19.6 Å². The molecule has 2 amide bonds. The molecule has 0 aliphatic carbocycles. The number of hydrogen-bond donors (Lipinski definition) is 1. The van der Waals surface area contributed by atoms with Crippen LogP contribution in [0.2, 0.25) is 10.0 Å². The number of thioether (sulfide) groups is 1. The van der Waals surface area contributed by atoms with Gasteiger partial charge in [0.1, 0.15) is 5.75 Å². The average molecular weight is 483 g/mol. The number of nitrogens with one attached hydrogen (secondary N) is 1. The van der Waals surface area contributed by atoms with E-state index in [9.17, 15) is 14.4 Å². The molecule has 0 atom stereocenters. The van der Waals surface area contributed by atoms with Crippen LogP contribution in [0.5, 0.6) is 5.75 Å². The van der Waals surface area contributed by atoms with Gasteiger partial charge in [-0.05, 0) is 44.2 Å². The minimum atomic E-state index is -0.383. The van der Waals surface area contributed by atoms with Crippen LogP contribution in [-0.2, 0) is 15.3 Å². The fourth-order valence-electron chi connectivity index (χ4n) is 2.80. The van der Waals surface area contributed by atoms with Gasteiger partial charge in [0.25, 0.3) is 0 Å². The van der Waals surface area contributed by atoms with Crippen LogP contribution in [-0.4, -0.2) is 48.4 Å². The van der Waals surface area contributed by atoms with Crippen LogP contribution in [0.4, 0.5) is 5.69 Å². The van der Waals surface area contributed by atoms with Gasteiger partial charge < -0.3 is 15.0 Å². The second-order valence-electron chi connectivity index (χ2n) is 6.63. The molecular formula is C22H24Cl2N2O4S. The lowest BCUT2D eigenvalue weighted by Crippen LogP contribution is -2.38. The van der Waals surface area contributed by atoms with Crippen LogP contribution < -0.4 is 10.1 Å². The standard InChI is InChI=1S/C22H24Cl2N2O4S/c1-4-26(11-20(28)25-22-17(23)6-5-7-18(22)24)21(29)13-31-12-16-10-15(14(2)27)8-9-19(16)30-3/h5-10H,4,11-13H2,1-3H3,(H,25,28). The monoisotopic (exact) mass is 482 g/mol. The number of methoxy groups -OCH3 is 1. The summed E-state index contributed by atoms with van der Waals surface area (Å²) in [7, 11) is 1.56. The molecule has 0 aromatic heterocycles. The summed E-state index contributed by atoms with van der Waals surface area (Å²) < 4.78 is 5.34. The summed E-state index contributed by atoms with van der Waals surface area (Å²) in [5.41, 5.74) is 1.75. The minimum absolute atomic E-state index is 0.0354. The number of ketones is 1. The van der Waals surface area contributed by atoms with E-state index in [1.54, 1.807) is 50.4 Å². The van der Waals surface area contributed by atoms with E-state index in [-0.39, 0.29) is 29.9 Å². The molecule has 166 valence electrons. The largest absolute Gasteiger partial charge is 0.496 e. The van der Waals surface area contributed by atoms with Gasteiger partial charge in [0.05, 0.1) is 35.1 Å². The highest BCUT2D eigenvalue weighted by Crippen LogP contribution is 2.29. The fraction of sp³-hybridized carbons (Fsp3) is 0.318. The molecule has 2 aromatic carbocycles. The topological polar surface area (TPSA) is 75.7 Å². The van der Waals surface area contributed by atoms with E-state index in [0.717, 1.165) is 5.56 Å². The van der Waals surface area contributed by atoms with Crippen molar-refractivity contribution < 1.29 is 19.1 Å². The van der Waals surface area contributed by atoms with Gasteiger partial charge in [-0.3, -0.25) is 14.4 Å². The van der Waals surface area contributed by atoms with Crippen molar-refractivity contribution in [3.63, 3.8) is 0 Å². The molecule has 0 aliphatic rings. The Morgan fingerprint density at radius 2 is 1.81 bits per heavy atom. The third-order valence-corrected chi connectivity index (χ3v) is 6.06. The number of carbonyl (C=O) groups is 3. The number of halogens is 2. The fourth-order valence-corrected chi connectivity index (χ4v) is 4.19. The average Bonchev–Trinajstić information content (AvgIpc) is 2.74. The van der Waals surface area contributed by atoms with Crippen LogP contribution in [0, 0.1) is 0 Å². The summed E-state index contributed by atoms with van der Waals surface area (Å²) in [6.07, 6.45) is 0. The Hall–Kier alpha value is -2.22. The maximum absolute atomic E-state index is 12.6. The molecule has 0 fully saturated rings. The van der Waals surface area contributed by atoms with Gasteiger partial charge in [0.2, 0.25) is 11.8 Å². The maximum Gasteiger partial charge on any atom is 0.244 e. The molecule has 2 rings (SSSR count). The van der Waals surface area contributed by atoms with Crippen molar-refractivity contribution in [3.05, 3.63) is 57.6 Å². The summed E-state index contributed by atoms with van der Waals surface area (Å²) in [5, 5.41) is 3.31.